The Labute approximate surface area is 169 Å². The van der Waals surface area contributed by atoms with Crippen LogP contribution in [0.5, 0.6) is 5.75 Å². The summed E-state index contributed by atoms with van der Waals surface area (Å²) >= 11 is 11.6. The Morgan fingerprint density at radius 3 is 2.67 bits per heavy atom. The van der Waals surface area contributed by atoms with Crippen molar-refractivity contribution in [3.63, 3.8) is 0 Å². The number of H-pyrrole nitrogens is 1. The standard InChI is InChI=1S/C14H15Br3N4O2S/c1-6(2)13-19-14(21-20-13)24-5-9(22)18-11-7(15)4-8(16)12(23-3)10(11)17/h4,6H,5H2,1-3H3,(H,18,22)(H,19,20,21). The topological polar surface area (TPSA) is 79.9 Å². The molecule has 0 aliphatic rings. The van der Waals surface area contributed by atoms with Crippen LogP contribution in [0.4, 0.5) is 5.69 Å². The average molecular weight is 543 g/mol. The van der Waals surface area contributed by atoms with Crippen LogP contribution < -0.4 is 10.1 Å². The molecule has 0 saturated carbocycles. The number of aromatic nitrogens is 3. The van der Waals surface area contributed by atoms with Gasteiger partial charge in [0.15, 0.2) is 0 Å². The van der Waals surface area contributed by atoms with E-state index in [9.17, 15) is 4.79 Å². The number of thioether (sulfide) groups is 1. The van der Waals surface area contributed by atoms with Crippen LogP contribution in [0.15, 0.2) is 24.6 Å². The van der Waals surface area contributed by atoms with E-state index in [1.54, 1.807) is 7.11 Å². The summed E-state index contributed by atoms with van der Waals surface area (Å²) in [6, 6.07) is 1.82. The second-order valence-electron chi connectivity index (χ2n) is 5.06. The van der Waals surface area contributed by atoms with Gasteiger partial charge in [-0.15, -0.1) is 5.10 Å². The second kappa shape index (κ2) is 8.68. The number of hydrogen-bond donors (Lipinski definition) is 2. The fourth-order valence-corrected chi connectivity index (χ4v) is 5.01. The second-order valence-corrected chi connectivity index (χ2v) is 8.50. The average Bonchev–Trinajstić information content (AvgIpc) is 2.99. The molecule has 1 amide bonds. The maximum Gasteiger partial charge on any atom is 0.234 e. The molecule has 0 spiro atoms. The normalized spacial score (nSPS) is 11.0. The van der Waals surface area contributed by atoms with Gasteiger partial charge in [-0.3, -0.25) is 9.89 Å². The third-order valence-electron chi connectivity index (χ3n) is 2.96. The molecule has 6 nitrogen and oxygen atoms in total. The van der Waals surface area contributed by atoms with Gasteiger partial charge in [0, 0.05) is 10.4 Å². The molecule has 1 heterocycles. The maximum absolute atomic E-state index is 12.2. The highest BCUT2D eigenvalue weighted by atomic mass is 79.9. The monoisotopic (exact) mass is 540 g/mol. The zero-order chi connectivity index (χ0) is 17.9. The van der Waals surface area contributed by atoms with Gasteiger partial charge in [0.1, 0.15) is 11.6 Å². The quantitative estimate of drug-likeness (QED) is 0.505. The summed E-state index contributed by atoms with van der Waals surface area (Å²) in [4.78, 5) is 16.6. The molecule has 2 aromatic rings. The van der Waals surface area contributed by atoms with Gasteiger partial charge in [-0.2, -0.15) is 0 Å². The molecule has 0 radical (unpaired) electrons. The first-order chi connectivity index (χ1) is 11.3. The van der Waals surface area contributed by atoms with Gasteiger partial charge in [0.2, 0.25) is 11.1 Å². The van der Waals surface area contributed by atoms with Crippen molar-refractivity contribution in [3.05, 3.63) is 25.3 Å². The van der Waals surface area contributed by atoms with E-state index in [1.165, 1.54) is 11.8 Å². The Balaban J connectivity index is 2.04. The third-order valence-corrected chi connectivity index (χ3v) is 5.78. The number of ether oxygens (including phenoxy) is 1. The van der Waals surface area contributed by atoms with Crippen molar-refractivity contribution in [2.45, 2.75) is 24.9 Å². The summed E-state index contributed by atoms with van der Waals surface area (Å²) in [6.07, 6.45) is 0. The lowest BCUT2D eigenvalue weighted by atomic mass is 10.2. The van der Waals surface area contributed by atoms with E-state index in [4.69, 9.17) is 4.74 Å². The number of anilines is 1. The zero-order valence-corrected chi connectivity index (χ0v) is 18.7. The summed E-state index contributed by atoms with van der Waals surface area (Å²) in [5.41, 5.74) is 0.610. The van der Waals surface area contributed by atoms with Crippen molar-refractivity contribution >= 4 is 71.1 Å². The van der Waals surface area contributed by atoms with Gasteiger partial charge >= 0.3 is 0 Å². The van der Waals surface area contributed by atoms with Crippen molar-refractivity contribution in [2.24, 2.45) is 0 Å². The summed E-state index contributed by atoms with van der Waals surface area (Å²) < 4.78 is 7.48. The molecular formula is C14H15Br3N4O2S. The van der Waals surface area contributed by atoms with E-state index < -0.39 is 0 Å². The number of rotatable bonds is 6. The minimum atomic E-state index is -0.165. The van der Waals surface area contributed by atoms with Crippen LogP contribution in [0.1, 0.15) is 25.6 Å². The number of nitrogens with one attached hydrogen (secondary N) is 2. The summed E-state index contributed by atoms with van der Waals surface area (Å²) in [5.74, 6) is 1.72. The minimum absolute atomic E-state index is 0.165. The fourth-order valence-electron chi connectivity index (χ4n) is 1.76. The number of hydrogen-bond acceptors (Lipinski definition) is 5. The molecule has 0 atom stereocenters. The molecule has 0 bridgehead atoms. The molecule has 1 aromatic heterocycles. The molecule has 1 aromatic carbocycles. The van der Waals surface area contributed by atoms with Crippen LogP contribution in [0.3, 0.4) is 0 Å². The van der Waals surface area contributed by atoms with E-state index in [0.29, 0.717) is 21.1 Å². The van der Waals surface area contributed by atoms with Gasteiger partial charge in [-0.1, -0.05) is 25.6 Å². The Bertz CT molecular complexity index is 752. The number of halogens is 3. The molecule has 130 valence electrons. The maximum atomic E-state index is 12.2. The van der Waals surface area contributed by atoms with Crippen molar-refractivity contribution in [3.8, 4) is 5.75 Å². The first-order valence-electron chi connectivity index (χ1n) is 6.89. The molecule has 0 unspecified atom stereocenters. The molecule has 2 rings (SSSR count). The fraction of sp³-hybridized carbons (Fsp3) is 0.357. The van der Waals surface area contributed by atoms with Crippen molar-refractivity contribution in [1.82, 2.24) is 15.2 Å². The van der Waals surface area contributed by atoms with E-state index in [0.717, 1.165) is 14.8 Å². The van der Waals surface area contributed by atoms with Crippen LogP contribution in [0.2, 0.25) is 0 Å². The number of benzene rings is 1. The molecular weight excluding hydrogens is 528 g/mol. The van der Waals surface area contributed by atoms with E-state index in [-0.39, 0.29) is 17.6 Å². The molecule has 2 N–H and O–H groups in total. The predicted octanol–water partition coefficient (Wildman–Crippen LogP) is 4.96. The number of amides is 1. The number of carbonyl (C=O) groups is 1. The summed E-state index contributed by atoms with van der Waals surface area (Å²) in [7, 11) is 1.57. The highest BCUT2D eigenvalue weighted by molar-refractivity contribution is 9.11. The molecule has 10 heteroatoms. The Kier molecular flexibility index (Phi) is 7.14. The summed E-state index contributed by atoms with van der Waals surface area (Å²) in [5, 5.41) is 10.4. The zero-order valence-electron chi connectivity index (χ0n) is 13.1. The Hall–Kier alpha value is -0.580. The van der Waals surface area contributed by atoms with Crippen LogP contribution in [0, 0.1) is 0 Å². The van der Waals surface area contributed by atoms with Gasteiger partial charge in [-0.05, 0) is 53.9 Å². The number of aromatic amines is 1. The van der Waals surface area contributed by atoms with E-state index >= 15 is 0 Å². The molecule has 0 aliphatic carbocycles. The lowest BCUT2D eigenvalue weighted by Gasteiger charge is -2.14. The first-order valence-corrected chi connectivity index (χ1v) is 10.3. The number of nitrogens with zero attached hydrogens (tertiary/aromatic N) is 2. The van der Waals surface area contributed by atoms with Crippen molar-refractivity contribution in [2.75, 3.05) is 18.2 Å². The van der Waals surface area contributed by atoms with E-state index in [2.05, 4.69) is 68.3 Å². The van der Waals surface area contributed by atoms with Crippen LogP contribution in [-0.2, 0) is 4.79 Å². The highest BCUT2D eigenvalue weighted by Crippen LogP contribution is 2.43. The SMILES string of the molecule is COc1c(Br)cc(Br)c(NC(=O)CSc2n[nH]c(C(C)C)n2)c1Br. The first kappa shape index (κ1) is 19.7. The van der Waals surface area contributed by atoms with Crippen molar-refractivity contribution < 1.29 is 9.53 Å². The van der Waals surface area contributed by atoms with Crippen LogP contribution in [0.25, 0.3) is 0 Å². The number of methoxy groups -OCH3 is 1. The summed E-state index contributed by atoms with van der Waals surface area (Å²) in [6.45, 7) is 4.05. The lowest BCUT2D eigenvalue weighted by molar-refractivity contribution is -0.113. The van der Waals surface area contributed by atoms with E-state index in [1.807, 2.05) is 19.9 Å². The molecule has 0 fully saturated rings. The minimum Gasteiger partial charge on any atom is -0.494 e. The molecule has 0 saturated heterocycles. The van der Waals surface area contributed by atoms with Gasteiger partial charge in [-0.25, -0.2) is 4.98 Å². The predicted molar refractivity (Wildman–Crippen MR) is 106 cm³/mol. The Morgan fingerprint density at radius 1 is 1.38 bits per heavy atom. The third kappa shape index (κ3) is 4.74. The Morgan fingerprint density at radius 2 is 2.08 bits per heavy atom. The number of carbonyl (C=O) groups excluding carboxylic acids is 1. The van der Waals surface area contributed by atoms with Crippen molar-refractivity contribution in [1.29, 1.82) is 0 Å². The lowest BCUT2D eigenvalue weighted by Crippen LogP contribution is -2.15. The highest BCUT2D eigenvalue weighted by Gasteiger charge is 2.17. The molecule has 24 heavy (non-hydrogen) atoms. The van der Waals surface area contributed by atoms with Gasteiger partial charge in [0.25, 0.3) is 0 Å². The van der Waals surface area contributed by atoms with Gasteiger partial charge in [0.05, 0.1) is 27.5 Å². The van der Waals surface area contributed by atoms with Crippen LogP contribution >= 0.6 is 59.6 Å². The van der Waals surface area contributed by atoms with Crippen LogP contribution in [-0.4, -0.2) is 34.0 Å². The van der Waals surface area contributed by atoms with Gasteiger partial charge < -0.3 is 10.1 Å². The largest absolute Gasteiger partial charge is 0.494 e. The smallest absolute Gasteiger partial charge is 0.234 e. The molecule has 0 aliphatic heterocycles.